The Balaban J connectivity index is 2.16. The molecule has 0 aromatic heterocycles. The molecular weight excluding hydrogens is 274 g/mol. The predicted molar refractivity (Wildman–Crippen MR) is 80.3 cm³/mol. The number of hydrogen-bond acceptors (Lipinski definition) is 4. The van der Waals surface area contributed by atoms with Crippen molar-refractivity contribution in [3.8, 4) is 0 Å². The van der Waals surface area contributed by atoms with Crippen molar-refractivity contribution in [1.29, 1.82) is 0 Å². The van der Waals surface area contributed by atoms with Crippen LogP contribution in [0.15, 0.2) is 34.3 Å². The SMILES string of the molecule is CSc1ccc(C(=O)NC2(C(N)=NO)CCCC2)cc1. The van der Waals surface area contributed by atoms with Crippen molar-refractivity contribution in [3.05, 3.63) is 29.8 Å². The molecule has 0 aliphatic heterocycles. The summed E-state index contributed by atoms with van der Waals surface area (Å²) in [5, 5.41) is 14.9. The molecule has 0 spiro atoms. The van der Waals surface area contributed by atoms with Gasteiger partial charge < -0.3 is 16.3 Å². The number of oxime groups is 1. The lowest BCUT2D eigenvalue weighted by molar-refractivity contribution is 0.0922. The van der Waals surface area contributed by atoms with Gasteiger partial charge in [-0.05, 0) is 43.4 Å². The Morgan fingerprint density at radius 1 is 1.35 bits per heavy atom. The standard InChI is InChI=1S/C14H19N3O2S/c1-20-11-6-4-10(5-7-11)12(18)16-14(13(15)17-19)8-2-3-9-14/h4-7,19H,2-3,8-9H2,1H3,(H2,15,17)(H,16,18). The maximum Gasteiger partial charge on any atom is 0.252 e. The molecule has 1 saturated carbocycles. The number of nitrogens with two attached hydrogens (primary N) is 1. The first-order chi connectivity index (χ1) is 9.61. The molecule has 1 aliphatic carbocycles. The lowest BCUT2D eigenvalue weighted by Crippen LogP contribution is -2.55. The number of amidine groups is 1. The molecule has 1 aromatic rings. The van der Waals surface area contributed by atoms with Crippen LogP contribution in [0.1, 0.15) is 36.0 Å². The number of hydrogen-bond donors (Lipinski definition) is 3. The molecule has 2 rings (SSSR count). The van der Waals surface area contributed by atoms with Crippen LogP contribution < -0.4 is 11.1 Å². The monoisotopic (exact) mass is 293 g/mol. The molecule has 1 aliphatic rings. The number of thioether (sulfide) groups is 1. The second-order valence-corrected chi connectivity index (χ2v) is 5.84. The van der Waals surface area contributed by atoms with Crippen molar-refractivity contribution in [1.82, 2.24) is 5.32 Å². The highest BCUT2D eigenvalue weighted by atomic mass is 32.2. The third-order valence-corrected chi connectivity index (χ3v) is 4.50. The maximum atomic E-state index is 12.3. The van der Waals surface area contributed by atoms with Gasteiger partial charge in [-0.25, -0.2) is 0 Å². The van der Waals surface area contributed by atoms with Gasteiger partial charge in [0.2, 0.25) is 0 Å². The molecule has 0 heterocycles. The van der Waals surface area contributed by atoms with Crippen molar-refractivity contribution in [2.45, 2.75) is 36.1 Å². The lowest BCUT2D eigenvalue weighted by atomic mass is 9.95. The van der Waals surface area contributed by atoms with Crippen LogP contribution in [0.25, 0.3) is 0 Å². The second kappa shape index (κ2) is 6.17. The molecule has 20 heavy (non-hydrogen) atoms. The van der Waals surface area contributed by atoms with Crippen LogP contribution in [0, 0.1) is 0 Å². The second-order valence-electron chi connectivity index (χ2n) is 4.96. The molecule has 0 bridgehead atoms. The minimum Gasteiger partial charge on any atom is -0.409 e. The fourth-order valence-corrected chi connectivity index (χ4v) is 2.96. The van der Waals surface area contributed by atoms with E-state index in [0.717, 1.165) is 17.7 Å². The van der Waals surface area contributed by atoms with E-state index in [2.05, 4.69) is 10.5 Å². The molecule has 0 radical (unpaired) electrons. The van der Waals surface area contributed by atoms with E-state index in [1.807, 2.05) is 18.4 Å². The Labute approximate surface area is 122 Å². The lowest BCUT2D eigenvalue weighted by Gasteiger charge is -2.28. The molecule has 1 fully saturated rings. The van der Waals surface area contributed by atoms with E-state index in [1.165, 1.54) is 0 Å². The summed E-state index contributed by atoms with van der Waals surface area (Å²) in [7, 11) is 0. The molecule has 0 saturated heterocycles. The van der Waals surface area contributed by atoms with Gasteiger partial charge in [0.25, 0.3) is 5.91 Å². The van der Waals surface area contributed by atoms with E-state index in [-0.39, 0.29) is 11.7 Å². The zero-order valence-corrected chi connectivity index (χ0v) is 12.2. The molecule has 1 aromatic carbocycles. The van der Waals surface area contributed by atoms with Crippen molar-refractivity contribution in [2.24, 2.45) is 10.9 Å². The summed E-state index contributed by atoms with van der Waals surface area (Å²) in [6.45, 7) is 0. The van der Waals surface area contributed by atoms with Gasteiger partial charge in [0.05, 0.1) is 0 Å². The highest BCUT2D eigenvalue weighted by Crippen LogP contribution is 2.30. The number of benzene rings is 1. The van der Waals surface area contributed by atoms with Crippen LogP contribution in [0.4, 0.5) is 0 Å². The summed E-state index contributed by atoms with van der Waals surface area (Å²) >= 11 is 1.63. The first-order valence-corrected chi connectivity index (χ1v) is 7.78. The Hall–Kier alpha value is -1.69. The maximum absolute atomic E-state index is 12.3. The first kappa shape index (κ1) is 14.7. The van der Waals surface area contributed by atoms with E-state index in [1.54, 1.807) is 23.9 Å². The minimum atomic E-state index is -0.704. The van der Waals surface area contributed by atoms with Crippen molar-refractivity contribution in [2.75, 3.05) is 6.26 Å². The van der Waals surface area contributed by atoms with Crippen LogP contribution in [-0.2, 0) is 0 Å². The molecule has 4 N–H and O–H groups in total. The molecule has 6 heteroatoms. The summed E-state index contributed by atoms with van der Waals surface area (Å²) in [5.74, 6) is -0.102. The van der Waals surface area contributed by atoms with Gasteiger partial charge in [-0.2, -0.15) is 0 Å². The number of carbonyl (C=O) groups is 1. The zero-order valence-electron chi connectivity index (χ0n) is 11.4. The fraction of sp³-hybridized carbons (Fsp3) is 0.429. The minimum absolute atomic E-state index is 0.0871. The largest absolute Gasteiger partial charge is 0.409 e. The van der Waals surface area contributed by atoms with E-state index >= 15 is 0 Å². The van der Waals surface area contributed by atoms with E-state index in [9.17, 15) is 4.79 Å². The third kappa shape index (κ3) is 2.90. The van der Waals surface area contributed by atoms with Crippen LogP contribution in [0.2, 0.25) is 0 Å². The average molecular weight is 293 g/mol. The van der Waals surface area contributed by atoms with Gasteiger partial charge in [0.1, 0.15) is 5.54 Å². The summed E-state index contributed by atoms with van der Waals surface area (Å²) in [6, 6.07) is 7.39. The third-order valence-electron chi connectivity index (χ3n) is 3.76. The van der Waals surface area contributed by atoms with Crippen molar-refractivity contribution in [3.63, 3.8) is 0 Å². The van der Waals surface area contributed by atoms with Crippen molar-refractivity contribution >= 4 is 23.5 Å². The Morgan fingerprint density at radius 2 is 1.95 bits per heavy atom. The van der Waals surface area contributed by atoms with Gasteiger partial charge in [0, 0.05) is 10.5 Å². The summed E-state index contributed by atoms with van der Waals surface area (Å²) in [4.78, 5) is 13.4. The number of carbonyl (C=O) groups excluding carboxylic acids is 1. The van der Waals surface area contributed by atoms with E-state index in [0.29, 0.717) is 18.4 Å². The van der Waals surface area contributed by atoms with Crippen LogP contribution in [0.5, 0.6) is 0 Å². The molecule has 0 atom stereocenters. The molecule has 0 unspecified atom stereocenters. The average Bonchev–Trinajstić information content (AvgIpc) is 2.96. The van der Waals surface area contributed by atoms with Gasteiger partial charge in [0.15, 0.2) is 5.84 Å². The van der Waals surface area contributed by atoms with Crippen LogP contribution >= 0.6 is 11.8 Å². The Kier molecular flexibility index (Phi) is 4.54. The highest BCUT2D eigenvalue weighted by Gasteiger charge is 2.39. The van der Waals surface area contributed by atoms with Gasteiger partial charge in [-0.1, -0.05) is 18.0 Å². The number of rotatable bonds is 4. The van der Waals surface area contributed by atoms with Crippen LogP contribution in [-0.4, -0.2) is 28.7 Å². The first-order valence-electron chi connectivity index (χ1n) is 6.56. The normalized spacial score (nSPS) is 17.9. The molecule has 5 nitrogen and oxygen atoms in total. The molecule has 1 amide bonds. The van der Waals surface area contributed by atoms with Gasteiger partial charge in [-0.15, -0.1) is 11.8 Å². The van der Waals surface area contributed by atoms with E-state index < -0.39 is 5.54 Å². The summed E-state index contributed by atoms with van der Waals surface area (Å²) < 4.78 is 0. The van der Waals surface area contributed by atoms with Crippen LogP contribution in [0.3, 0.4) is 0 Å². The van der Waals surface area contributed by atoms with Gasteiger partial charge in [-0.3, -0.25) is 4.79 Å². The van der Waals surface area contributed by atoms with E-state index in [4.69, 9.17) is 10.9 Å². The summed E-state index contributed by atoms with van der Waals surface area (Å²) in [6.07, 6.45) is 5.32. The van der Waals surface area contributed by atoms with Gasteiger partial charge >= 0.3 is 0 Å². The predicted octanol–water partition coefficient (Wildman–Crippen LogP) is 2.20. The smallest absolute Gasteiger partial charge is 0.252 e. The topological polar surface area (TPSA) is 87.7 Å². The molecular formula is C14H19N3O2S. The zero-order chi connectivity index (χ0) is 14.6. The fourth-order valence-electron chi connectivity index (χ4n) is 2.55. The molecule has 108 valence electrons. The number of nitrogens with one attached hydrogen (secondary N) is 1. The van der Waals surface area contributed by atoms with Crippen molar-refractivity contribution < 1.29 is 10.0 Å². The Morgan fingerprint density at radius 3 is 2.45 bits per heavy atom. The Bertz CT molecular complexity index is 508. The quantitative estimate of drug-likeness (QED) is 0.261. The highest BCUT2D eigenvalue weighted by molar-refractivity contribution is 7.98. The number of amides is 1. The summed E-state index contributed by atoms with van der Waals surface area (Å²) in [5.41, 5.74) is 5.65. The number of nitrogens with zero attached hydrogens (tertiary/aromatic N) is 1.